The number of rotatable bonds is 3. The Bertz CT molecular complexity index is 1360. The molecule has 5 nitrogen and oxygen atoms in total. The molecule has 2 heterocycles. The van der Waals surface area contributed by atoms with Gasteiger partial charge in [-0.2, -0.15) is 8.42 Å². The Kier molecular flexibility index (Phi) is 6.23. The summed E-state index contributed by atoms with van der Waals surface area (Å²) in [6.07, 6.45) is 1.57. The zero-order valence-corrected chi connectivity index (χ0v) is 19.8. The SMILES string of the molecule is CC1N(Cc2ccccc2)c2ccccc2C1(C)C.O=S(=O)(O)c1cccc2ncccc12. The van der Waals surface area contributed by atoms with Gasteiger partial charge in [0.1, 0.15) is 4.90 Å². The molecule has 1 unspecified atom stereocenters. The van der Waals surface area contributed by atoms with E-state index in [0.29, 0.717) is 16.9 Å². The lowest BCUT2D eigenvalue weighted by molar-refractivity contribution is 0.440. The number of hydrogen-bond acceptors (Lipinski definition) is 4. The molecule has 4 aromatic rings. The summed E-state index contributed by atoms with van der Waals surface area (Å²) < 4.78 is 30.9. The van der Waals surface area contributed by atoms with E-state index in [2.05, 4.69) is 85.3 Å². The van der Waals surface area contributed by atoms with E-state index in [1.165, 1.54) is 22.9 Å². The largest absolute Gasteiger partial charge is 0.363 e. The Morgan fingerprint density at radius 2 is 1.61 bits per heavy atom. The Balaban J connectivity index is 0.000000165. The zero-order valence-electron chi connectivity index (χ0n) is 19.0. The van der Waals surface area contributed by atoms with Crippen molar-refractivity contribution >= 4 is 26.7 Å². The number of hydrogen-bond donors (Lipinski definition) is 1. The normalized spacial score (nSPS) is 16.7. The molecule has 0 bridgehead atoms. The zero-order chi connectivity index (χ0) is 23.6. The quantitative estimate of drug-likeness (QED) is 0.388. The molecule has 0 spiro atoms. The lowest BCUT2D eigenvalue weighted by Crippen LogP contribution is -2.38. The molecule has 0 amide bonds. The van der Waals surface area contributed by atoms with Crippen molar-refractivity contribution in [2.24, 2.45) is 0 Å². The van der Waals surface area contributed by atoms with Crippen molar-refractivity contribution in [3.05, 3.63) is 102 Å². The van der Waals surface area contributed by atoms with Gasteiger partial charge in [-0.3, -0.25) is 9.54 Å². The van der Waals surface area contributed by atoms with E-state index >= 15 is 0 Å². The highest BCUT2D eigenvalue weighted by Crippen LogP contribution is 2.45. The topological polar surface area (TPSA) is 70.5 Å². The number of aromatic nitrogens is 1. The molecule has 1 aliphatic heterocycles. The third-order valence-corrected chi connectivity index (χ3v) is 7.41. The summed E-state index contributed by atoms with van der Waals surface area (Å²) in [5.41, 5.74) is 5.00. The predicted molar refractivity (Wildman–Crippen MR) is 133 cm³/mol. The van der Waals surface area contributed by atoms with E-state index in [9.17, 15) is 8.42 Å². The van der Waals surface area contributed by atoms with Crippen LogP contribution in [-0.2, 0) is 22.1 Å². The fourth-order valence-electron chi connectivity index (χ4n) is 4.39. The van der Waals surface area contributed by atoms with Gasteiger partial charge in [0.05, 0.1) is 5.52 Å². The number of benzene rings is 3. The molecule has 1 aromatic heterocycles. The molecule has 0 saturated heterocycles. The Morgan fingerprint density at radius 1 is 0.909 bits per heavy atom. The van der Waals surface area contributed by atoms with E-state index in [1.54, 1.807) is 30.5 Å². The molecule has 0 aliphatic carbocycles. The summed E-state index contributed by atoms with van der Waals surface area (Å²) in [6.45, 7) is 8.02. The van der Waals surface area contributed by atoms with Crippen LogP contribution in [0.3, 0.4) is 0 Å². The van der Waals surface area contributed by atoms with Crippen LogP contribution in [0.2, 0.25) is 0 Å². The molecular weight excluding hydrogens is 432 g/mol. The molecule has 0 saturated carbocycles. The van der Waals surface area contributed by atoms with Crippen molar-refractivity contribution in [3.63, 3.8) is 0 Å². The molecule has 170 valence electrons. The van der Waals surface area contributed by atoms with Gasteiger partial charge in [0.2, 0.25) is 0 Å². The van der Waals surface area contributed by atoms with E-state index in [-0.39, 0.29) is 10.3 Å². The molecule has 1 aliphatic rings. The number of pyridine rings is 1. The summed E-state index contributed by atoms with van der Waals surface area (Å²) in [5.74, 6) is 0. The van der Waals surface area contributed by atoms with Gasteiger partial charge in [0.15, 0.2) is 0 Å². The second kappa shape index (κ2) is 8.96. The van der Waals surface area contributed by atoms with Crippen LogP contribution in [0.1, 0.15) is 31.9 Å². The molecule has 1 atom stereocenters. The second-order valence-electron chi connectivity index (χ2n) is 8.83. The molecule has 5 rings (SSSR count). The average Bonchev–Trinajstić information content (AvgIpc) is 3.00. The highest BCUT2D eigenvalue weighted by molar-refractivity contribution is 7.86. The van der Waals surface area contributed by atoms with Crippen LogP contribution in [0.25, 0.3) is 10.9 Å². The molecule has 3 aromatic carbocycles. The molecular formula is C27H28N2O3S. The van der Waals surface area contributed by atoms with Crippen LogP contribution in [0.4, 0.5) is 5.69 Å². The standard InChI is InChI=1S/C18H21N.C9H7NO3S/c1-14-18(2,3)16-11-7-8-12-17(16)19(14)13-15-9-5-4-6-10-15;11-14(12,13)9-5-1-4-8-7(9)3-2-6-10-8/h4-12,14H,13H2,1-3H3;1-6H,(H,11,12,13). The molecule has 6 heteroatoms. The monoisotopic (exact) mass is 460 g/mol. The number of anilines is 1. The smallest absolute Gasteiger partial charge is 0.295 e. The fraction of sp³-hybridized carbons (Fsp3) is 0.222. The summed E-state index contributed by atoms with van der Waals surface area (Å²) in [6, 6.07) is 27.9. The summed E-state index contributed by atoms with van der Waals surface area (Å²) in [5, 5.41) is 0.428. The van der Waals surface area contributed by atoms with E-state index in [4.69, 9.17) is 4.55 Å². The lowest BCUT2D eigenvalue weighted by atomic mass is 9.81. The first-order valence-corrected chi connectivity index (χ1v) is 12.3. The van der Waals surface area contributed by atoms with Gasteiger partial charge in [-0.1, -0.05) is 68.4 Å². The second-order valence-corrected chi connectivity index (χ2v) is 10.2. The minimum absolute atomic E-state index is 0.108. The van der Waals surface area contributed by atoms with Crippen LogP contribution < -0.4 is 4.90 Å². The molecule has 0 fully saturated rings. The first kappa shape index (κ1) is 23.0. The van der Waals surface area contributed by atoms with Gasteiger partial charge >= 0.3 is 0 Å². The van der Waals surface area contributed by atoms with Crippen molar-refractivity contribution < 1.29 is 13.0 Å². The van der Waals surface area contributed by atoms with Gasteiger partial charge in [-0.25, -0.2) is 0 Å². The van der Waals surface area contributed by atoms with Gasteiger partial charge in [0, 0.05) is 35.3 Å². The highest BCUT2D eigenvalue weighted by atomic mass is 32.2. The number of para-hydroxylation sites is 1. The molecule has 0 radical (unpaired) electrons. The van der Waals surface area contributed by atoms with Crippen molar-refractivity contribution in [3.8, 4) is 0 Å². The maximum absolute atomic E-state index is 11.0. The lowest BCUT2D eigenvalue weighted by Gasteiger charge is -2.31. The van der Waals surface area contributed by atoms with Crippen LogP contribution in [0, 0.1) is 0 Å². The first-order chi connectivity index (χ1) is 15.7. The summed E-state index contributed by atoms with van der Waals surface area (Å²) in [4.78, 5) is 6.40. The van der Waals surface area contributed by atoms with Gasteiger partial charge in [-0.05, 0) is 48.4 Å². The minimum Gasteiger partial charge on any atom is -0.363 e. The Labute approximate surface area is 195 Å². The van der Waals surface area contributed by atoms with Gasteiger partial charge < -0.3 is 4.90 Å². The minimum atomic E-state index is -4.17. The van der Waals surface area contributed by atoms with Crippen LogP contribution in [-0.4, -0.2) is 24.0 Å². The van der Waals surface area contributed by atoms with Crippen molar-refractivity contribution in [2.45, 2.75) is 43.7 Å². The maximum atomic E-state index is 11.0. The first-order valence-electron chi connectivity index (χ1n) is 10.9. The predicted octanol–water partition coefficient (Wildman–Crippen LogP) is 5.85. The molecule has 33 heavy (non-hydrogen) atoms. The summed E-state index contributed by atoms with van der Waals surface area (Å²) in [7, 11) is -4.17. The van der Waals surface area contributed by atoms with Gasteiger partial charge in [-0.15, -0.1) is 0 Å². The van der Waals surface area contributed by atoms with Crippen LogP contribution >= 0.6 is 0 Å². The number of fused-ring (bicyclic) bond motifs is 2. The molecule has 1 N–H and O–H groups in total. The summed E-state index contributed by atoms with van der Waals surface area (Å²) >= 11 is 0. The Morgan fingerprint density at radius 3 is 2.33 bits per heavy atom. The maximum Gasteiger partial charge on any atom is 0.295 e. The van der Waals surface area contributed by atoms with E-state index < -0.39 is 10.1 Å². The van der Waals surface area contributed by atoms with Crippen LogP contribution in [0.15, 0.2) is 96.0 Å². The number of nitrogens with zero attached hydrogens (tertiary/aromatic N) is 2. The third kappa shape index (κ3) is 4.63. The van der Waals surface area contributed by atoms with E-state index in [0.717, 1.165) is 6.54 Å². The third-order valence-electron chi connectivity index (χ3n) is 6.50. The van der Waals surface area contributed by atoms with Crippen molar-refractivity contribution in [2.75, 3.05) is 4.90 Å². The Hall–Kier alpha value is -3.22. The average molecular weight is 461 g/mol. The van der Waals surface area contributed by atoms with E-state index in [1.807, 2.05) is 0 Å². The van der Waals surface area contributed by atoms with Crippen LogP contribution in [0.5, 0.6) is 0 Å². The van der Waals surface area contributed by atoms with Gasteiger partial charge in [0.25, 0.3) is 10.1 Å². The highest BCUT2D eigenvalue weighted by Gasteiger charge is 2.41. The van der Waals surface area contributed by atoms with Crippen molar-refractivity contribution in [1.29, 1.82) is 0 Å². The van der Waals surface area contributed by atoms with Crippen molar-refractivity contribution in [1.82, 2.24) is 4.98 Å². The fourth-order valence-corrected chi connectivity index (χ4v) is 5.10.